The Balaban J connectivity index is 2.58. The summed E-state index contributed by atoms with van der Waals surface area (Å²) < 4.78 is 0. The summed E-state index contributed by atoms with van der Waals surface area (Å²) in [5.41, 5.74) is 10.8. The minimum atomic E-state index is -0.984. The van der Waals surface area contributed by atoms with Crippen molar-refractivity contribution in [1.82, 2.24) is 0 Å². The molecule has 1 atom stereocenters. The Hall–Kier alpha value is -1.07. The van der Waals surface area contributed by atoms with Crippen LogP contribution in [0.5, 0.6) is 0 Å². The van der Waals surface area contributed by atoms with Gasteiger partial charge in [0.15, 0.2) is 0 Å². The number of carboxylic acid groups (broad SMARTS) is 1. The quantitative estimate of drug-likeness (QED) is 0.632. The van der Waals surface area contributed by atoms with Crippen LogP contribution < -0.4 is 11.5 Å². The molecule has 0 aliphatic heterocycles. The molecule has 66 valence electrons. The average Bonchev–Trinajstić information content (AvgIpc) is 2.35. The van der Waals surface area contributed by atoms with Crippen LogP contribution in [0.4, 0.5) is 5.00 Å². The number of thiophene rings is 1. The lowest BCUT2D eigenvalue weighted by Crippen LogP contribution is -2.31. The van der Waals surface area contributed by atoms with Gasteiger partial charge in [0.25, 0.3) is 0 Å². The first-order valence-corrected chi connectivity index (χ1v) is 4.24. The maximum Gasteiger partial charge on any atom is 0.320 e. The Morgan fingerprint density at radius 3 is 2.75 bits per heavy atom. The van der Waals surface area contributed by atoms with Crippen molar-refractivity contribution < 1.29 is 9.90 Å². The van der Waals surface area contributed by atoms with Crippen molar-refractivity contribution in [1.29, 1.82) is 0 Å². The van der Waals surface area contributed by atoms with Gasteiger partial charge in [-0.1, -0.05) is 0 Å². The smallest absolute Gasteiger partial charge is 0.320 e. The molecule has 1 heterocycles. The number of aliphatic carboxylic acids is 1. The van der Waals surface area contributed by atoms with Gasteiger partial charge in [0.05, 0.1) is 5.00 Å². The average molecular weight is 186 g/mol. The Morgan fingerprint density at radius 1 is 1.67 bits per heavy atom. The summed E-state index contributed by atoms with van der Waals surface area (Å²) in [6.45, 7) is 0. The SMILES string of the molecule is Nc1ccc(CC(N)C(=O)O)s1. The maximum atomic E-state index is 10.4. The molecular weight excluding hydrogens is 176 g/mol. The molecule has 1 aromatic heterocycles. The molecule has 0 radical (unpaired) electrons. The Labute approximate surface area is 73.8 Å². The van der Waals surface area contributed by atoms with Crippen molar-refractivity contribution in [2.45, 2.75) is 12.5 Å². The number of carboxylic acids is 1. The van der Waals surface area contributed by atoms with Crippen molar-refractivity contribution in [3.8, 4) is 0 Å². The zero-order chi connectivity index (χ0) is 9.14. The van der Waals surface area contributed by atoms with E-state index in [1.807, 2.05) is 0 Å². The van der Waals surface area contributed by atoms with Gasteiger partial charge in [0, 0.05) is 11.3 Å². The van der Waals surface area contributed by atoms with Gasteiger partial charge < -0.3 is 16.6 Å². The maximum absolute atomic E-state index is 10.4. The summed E-state index contributed by atoms with van der Waals surface area (Å²) in [4.78, 5) is 11.3. The predicted molar refractivity (Wildman–Crippen MR) is 48.0 cm³/mol. The minimum Gasteiger partial charge on any atom is -0.480 e. The van der Waals surface area contributed by atoms with Crippen molar-refractivity contribution in [3.05, 3.63) is 17.0 Å². The van der Waals surface area contributed by atoms with Gasteiger partial charge in [0.1, 0.15) is 6.04 Å². The van der Waals surface area contributed by atoms with Crippen LogP contribution in [-0.2, 0) is 11.2 Å². The van der Waals surface area contributed by atoms with Crippen molar-refractivity contribution >= 4 is 22.3 Å². The number of rotatable bonds is 3. The zero-order valence-electron chi connectivity index (χ0n) is 6.36. The molecule has 5 N–H and O–H groups in total. The third kappa shape index (κ3) is 2.21. The fraction of sp³-hybridized carbons (Fsp3) is 0.286. The number of nitrogens with two attached hydrogens (primary N) is 2. The normalized spacial score (nSPS) is 12.8. The number of anilines is 1. The zero-order valence-corrected chi connectivity index (χ0v) is 7.17. The molecule has 1 aromatic rings. The first-order valence-electron chi connectivity index (χ1n) is 3.42. The molecule has 0 aliphatic rings. The summed E-state index contributed by atoms with van der Waals surface area (Å²) in [5, 5.41) is 9.18. The lowest BCUT2D eigenvalue weighted by atomic mass is 10.2. The standard InChI is InChI=1S/C7H10N2O2S/c8-5(7(10)11)3-4-1-2-6(9)12-4/h1-2,5H,3,8-9H2,(H,10,11). The summed E-state index contributed by atoms with van der Waals surface area (Å²) in [6, 6.07) is 2.71. The molecule has 0 fully saturated rings. The molecule has 12 heavy (non-hydrogen) atoms. The first-order chi connectivity index (χ1) is 5.59. The molecule has 0 aliphatic carbocycles. The molecule has 0 spiro atoms. The van der Waals surface area contributed by atoms with Crippen LogP contribution in [0.25, 0.3) is 0 Å². The summed E-state index contributed by atoms with van der Waals surface area (Å²) in [5.74, 6) is -0.984. The Kier molecular flexibility index (Phi) is 2.67. The molecule has 0 amide bonds. The van der Waals surface area contributed by atoms with E-state index in [0.717, 1.165) is 4.88 Å². The third-order valence-electron chi connectivity index (χ3n) is 1.42. The third-order valence-corrected chi connectivity index (χ3v) is 2.36. The van der Waals surface area contributed by atoms with Crippen LogP contribution in [0.3, 0.4) is 0 Å². The van der Waals surface area contributed by atoms with Crippen LogP contribution in [0.2, 0.25) is 0 Å². The fourth-order valence-electron chi connectivity index (χ4n) is 0.808. The lowest BCUT2D eigenvalue weighted by molar-refractivity contribution is -0.138. The van der Waals surface area contributed by atoms with Gasteiger partial charge in [-0.05, 0) is 12.1 Å². The molecule has 0 saturated heterocycles. The van der Waals surface area contributed by atoms with Crippen LogP contribution in [0.1, 0.15) is 4.88 Å². The number of hydrogen-bond donors (Lipinski definition) is 3. The van der Waals surface area contributed by atoms with E-state index in [9.17, 15) is 4.79 Å². The van der Waals surface area contributed by atoms with Crippen LogP contribution >= 0.6 is 11.3 Å². The van der Waals surface area contributed by atoms with Gasteiger partial charge in [0.2, 0.25) is 0 Å². The topological polar surface area (TPSA) is 89.3 Å². The van der Waals surface area contributed by atoms with Gasteiger partial charge in [-0.3, -0.25) is 4.79 Å². The van der Waals surface area contributed by atoms with Crippen LogP contribution in [0.15, 0.2) is 12.1 Å². The largest absolute Gasteiger partial charge is 0.480 e. The van der Waals surface area contributed by atoms with Crippen molar-refractivity contribution in [2.24, 2.45) is 5.73 Å². The molecular formula is C7H10N2O2S. The van der Waals surface area contributed by atoms with E-state index < -0.39 is 12.0 Å². The van der Waals surface area contributed by atoms with E-state index in [4.69, 9.17) is 16.6 Å². The molecule has 0 saturated carbocycles. The monoisotopic (exact) mass is 186 g/mol. The second-order valence-electron chi connectivity index (χ2n) is 2.45. The molecule has 1 unspecified atom stereocenters. The van der Waals surface area contributed by atoms with E-state index in [1.165, 1.54) is 11.3 Å². The van der Waals surface area contributed by atoms with E-state index in [0.29, 0.717) is 11.4 Å². The van der Waals surface area contributed by atoms with Gasteiger partial charge >= 0.3 is 5.97 Å². The predicted octanol–water partition coefficient (Wildman–Crippen LogP) is 0.285. The lowest BCUT2D eigenvalue weighted by Gasteiger charge is -2.02. The van der Waals surface area contributed by atoms with Crippen molar-refractivity contribution in [2.75, 3.05) is 5.73 Å². The highest BCUT2D eigenvalue weighted by molar-refractivity contribution is 7.15. The highest BCUT2D eigenvalue weighted by atomic mass is 32.1. The molecule has 1 rings (SSSR count). The van der Waals surface area contributed by atoms with Crippen LogP contribution in [-0.4, -0.2) is 17.1 Å². The molecule has 4 nitrogen and oxygen atoms in total. The summed E-state index contributed by atoms with van der Waals surface area (Å²) in [6.07, 6.45) is 0.344. The van der Waals surface area contributed by atoms with E-state index in [-0.39, 0.29) is 0 Å². The van der Waals surface area contributed by atoms with Crippen molar-refractivity contribution in [3.63, 3.8) is 0 Å². The van der Waals surface area contributed by atoms with E-state index in [1.54, 1.807) is 12.1 Å². The Bertz CT molecular complexity index is 285. The minimum absolute atomic E-state index is 0.344. The number of nitrogen functional groups attached to an aromatic ring is 1. The van der Waals surface area contributed by atoms with E-state index in [2.05, 4.69) is 0 Å². The second-order valence-corrected chi connectivity index (χ2v) is 3.65. The van der Waals surface area contributed by atoms with Gasteiger partial charge in [-0.15, -0.1) is 11.3 Å². The summed E-state index contributed by atoms with van der Waals surface area (Å²) in [7, 11) is 0. The van der Waals surface area contributed by atoms with E-state index >= 15 is 0 Å². The first kappa shape index (κ1) is 9.02. The highest BCUT2D eigenvalue weighted by Crippen LogP contribution is 2.19. The molecule has 0 bridgehead atoms. The Morgan fingerprint density at radius 2 is 2.33 bits per heavy atom. The van der Waals surface area contributed by atoms with Gasteiger partial charge in [-0.25, -0.2) is 0 Å². The van der Waals surface area contributed by atoms with Gasteiger partial charge in [-0.2, -0.15) is 0 Å². The molecule has 0 aromatic carbocycles. The molecule has 5 heteroatoms. The van der Waals surface area contributed by atoms with Crippen LogP contribution in [0, 0.1) is 0 Å². The fourth-order valence-corrected chi connectivity index (χ4v) is 1.65. The number of hydrogen-bond acceptors (Lipinski definition) is 4. The second kappa shape index (κ2) is 3.55. The summed E-state index contributed by atoms with van der Waals surface area (Å²) >= 11 is 1.37. The number of carbonyl (C=O) groups is 1. The highest BCUT2D eigenvalue weighted by Gasteiger charge is 2.12.